The largest absolute Gasteiger partial charge is 0.478 e. The molecule has 3 aromatic carbocycles. The molecular formula is C28H18O5S. The smallest absolute Gasteiger partial charge is 0.335 e. The predicted octanol–water partition coefficient (Wildman–Crippen LogP) is 5.21. The highest BCUT2D eigenvalue weighted by Gasteiger charge is 2.36. The Labute approximate surface area is 198 Å². The van der Waals surface area contributed by atoms with E-state index in [1.54, 1.807) is 48.6 Å². The number of carbonyl (C=O) groups is 3. The van der Waals surface area contributed by atoms with Crippen LogP contribution >= 0.6 is 0 Å². The van der Waals surface area contributed by atoms with E-state index in [0.29, 0.717) is 37.6 Å². The van der Waals surface area contributed by atoms with Crippen molar-refractivity contribution in [2.45, 2.75) is 6.92 Å². The average Bonchev–Trinajstić information content (AvgIpc) is 3.10. The van der Waals surface area contributed by atoms with E-state index >= 15 is 0 Å². The van der Waals surface area contributed by atoms with E-state index in [1.807, 2.05) is 31.2 Å². The average molecular weight is 467 g/mol. The summed E-state index contributed by atoms with van der Waals surface area (Å²) in [5.41, 5.74) is 3.55. The van der Waals surface area contributed by atoms with Crippen molar-refractivity contribution in [3.05, 3.63) is 129 Å². The maximum absolute atomic E-state index is 13.6. The van der Waals surface area contributed by atoms with Crippen molar-refractivity contribution in [1.29, 1.82) is 0 Å². The third-order valence-corrected chi connectivity index (χ3v) is 7.39. The molecule has 0 aromatic heterocycles. The Morgan fingerprint density at radius 3 is 1.68 bits per heavy atom. The number of carbonyl (C=O) groups excluding carboxylic acids is 2. The molecule has 0 saturated carbocycles. The van der Waals surface area contributed by atoms with E-state index in [9.17, 15) is 23.7 Å². The quantitative estimate of drug-likeness (QED) is 0.423. The Bertz CT molecular complexity index is 1470. The molecule has 1 aliphatic carbocycles. The van der Waals surface area contributed by atoms with E-state index in [1.165, 1.54) is 12.1 Å². The summed E-state index contributed by atoms with van der Waals surface area (Å²) in [7, 11) is -1.62. The Balaban J connectivity index is 1.72. The number of hydrogen-bond acceptors (Lipinski definition) is 4. The molecule has 0 radical (unpaired) electrons. The number of allylic oxidation sites excluding steroid dienone is 4. The lowest BCUT2D eigenvalue weighted by Crippen LogP contribution is -2.10. The number of aromatic carboxylic acids is 1. The maximum atomic E-state index is 13.6. The number of Topliss-reactive ketones (excluding diaryl/α,β-unsaturated/α-hetero) is 2. The van der Waals surface area contributed by atoms with Gasteiger partial charge in [-0.25, -0.2) is 9.00 Å². The van der Waals surface area contributed by atoms with Gasteiger partial charge in [0, 0.05) is 11.1 Å². The zero-order valence-electron chi connectivity index (χ0n) is 18.1. The molecule has 0 saturated heterocycles. The van der Waals surface area contributed by atoms with Crippen LogP contribution in [0.4, 0.5) is 0 Å². The summed E-state index contributed by atoms with van der Waals surface area (Å²) in [5, 5.41) is 9.21. The Morgan fingerprint density at radius 1 is 0.735 bits per heavy atom. The third-order valence-electron chi connectivity index (χ3n) is 5.88. The van der Waals surface area contributed by atoms with Crippen LogP contribution < -0.4 is 0 Å². The van der Waals surface area contributed by atoms with Gasteiger partial charge >= 0.3 is 5.97 Å². The predicted molar refractivity (Wildman–Crippen MR) is 131 cm³/mol. The number of carboxylic acids is 1. The van der Waals surface area contributed by atoms with Crippen molar-refractivity contribution in [3.8, 4) is 0 Å². The topological polar surface area (TPSA) is 88.5 Å². The zero-order chi connectivity index (χ0) is 24.0. The van der Waals surface area contributed by atoms with Crippen LogP contribution in [0.1, 0.15) is 47.8 Å². The Hall–Kier alpha value is -4.16. The molecular weight excluding hydrogens is 448 g/mol. The normalized spacial score (nSPS) is 17.4. The van der Waals surface area contributed by atoms with Gasteiger partial charge in [0.15, 0.2) is 11.6 Å². The molecule has 1 heterocycles. The first-order valence-corrected chi connectivity index (χ1v) is 11.7. The van der Waals surface area contributed by atoms with Crippen molar-refractivity contribution in [3.63, 3.8) is 0 Å². The summed E-state index contributed by atoms with van der Waals surface area (Å²) in [6, 6.07) is 20.2. The number of rotatable bonds is 3. The zero-order valence-corrected chi connectivity index (χ0v) is 18.9. The minimum Gasteiger partial charge on any atom is -0.478 e. The standard InChI is InChI=1S/C28H18O5S/c1-16-6-8-17(9-7-16)23-14-20(25-26(29)21-4-2-3-5-22(21)27(25)30)15-24(34(23)33)18-10-12-19(13-11-18)28(31)32/h2-15H,1H3,(H,31,32). The van der Waals surface area contributed by atoms with Gasteiger partial charge in [-0.15, -0.1) is 0 Å². The number of fused-ring (bicyclic) bond motifs is 1. The lowest BCUT2D eigenvalue weighted by molar-refractivity contribution is 0.0696. The van der Waals surface area contributed by atoms with E-state index in [-0.39, 0.29) is 22.7 Å². The molecule has 0 fully saturated rings. The lowest BCUT2D eigenvalue weighted by Gasteiger charge is -2.18. The highest BCUT2D eigenvalue weighted by Crippen LogP contribution is 2.39. The van der Waals surface area contributed by atoms with Crippen LogP contribution in [0.2, 0.25) is 0 Å². The summed E-state index contributed by atoms with van der Waals surface area (Å²) < 4.78 is 13.6. The number of hydrogen-bond donors (Lipinski definition) is 1. The van der Waals surface area contributed by atoms with Gasteiger partial charge in [0.2, 0.25) is 0 Å². The van der Waals surface area contributed by atoms with Crippen LogP contribution in [0.15, 0.2) is 96.1 Å². The number of benzene rings is 3. The van der Waals surface area contributed by atoms with Crippen LogP contribution in [0.3, 0.4) is 0 Å². The summed E-state index contributed by atoms with van der Waals surface area (Å²) in [4.78, 5) is 38.4. The van der Waals surface area contributed by atoms with Crippen LogP contribution in [0, 0.1) is 6.92 Å². The van der Waals surface area contributed by atoms with Gasteiger partial charge in [0.25, 0.3) is 0 Å². The van der Waals surface area contributed by atoms with E-state index in [4.69, 9.17) is 0 Å². The van der Waals surface area contributed by atoms with Gasteiger partial charge in [-0.3, -0.25) is 9.59 Å². The van der Waals surface area contributed by atoms with E-state index < -0.39 is 16.8 Å². The van der Waals surface area contributed by atoms with Crippen molar-refractivity contribution >= 4 is 38.1 Å². The Morgan fingerprint density at radius 2 is 1.21 bits per heavy atom. The number of aryl methyl sites for hydroxylation is 1. The van der Waals surface area contributed by atoms with Gasteiger partial charge in [0.05, 0.1) is 31.7 Å². The lowest BCUT2D eigenvalue weighted by atomic mass is 9.99. The van der Waals surface area contributed by atoms with Gasteiger partial charge in [-0.1, -0.05) is 66.2 Å². The monoisotopic (exact) mass is 466 g/mol. The van der Waals surface area contributed by atoms with Crippen molar-refractivity contribution in [2.75, 3.05) is 0 Å². The summed E-state index contributed by atoms with van der Waals surface area (Å²) >= 11 is 0. The number of carboxylic acid groups (broad SMARTS) is 1. The second-order valence-corrected chi connectivity index (χ2v) is 9.49. The fraction of sp³-hybridized carbons (Fsp3) is 0.0357. The number of ketones is 2. The SMILES string of the molecule is Cc1ccc(C2=CC(=C3C(=O)c4ccccc4C3=O)C=C(c3ccc(C(=O)O)cc3)S2=O)cc1. The first-order valence-electron chi connectivity index (χ1n) is 10.5. The summed E-state index contributed by atoms with van der Waals surface area (Å²) in [6.07, 6.45) is 3.24. The molecule has 3 aromatic rings. The van der Waals surface area contributed by atoms with Crippen molar-refractivity contribution in [2.24, 2.45) is 0 Å². The second kappa shape index (κ2) is 8.32. The first-order chi connectivity index (χ1) is 16.3. The highest BCUT2D eigenvalue weighted by molar-refractivity contribution is 8.03. The van der Waals surface area contributed by atoms with Crippen LogP contribution in [-0.2, 0) is 10.8 Å². The third kappa shape index (κ3) is 3.58. The highest BCUT2D eigenvalue weighted by atomic mass is 32.2. The van der Waals surface area contributed by atoms with Gasteiger partial charge in [-0.2, -0.15) is 0 Å². The first kappa shape index (κ1) is 21.7. The minimum atomic E-state index is -1.62. The fourth-order valence-electron chi connectivity index (χ4n) is 4.08. The van der Waals surface area contributed by atoms with Crippen LogP contribution in [-0.4, -0.2) is 26.9 Å². The van der Waals surface area contributed by atoms with Gasteiger partial charge in [0.1, 0.15) is 0 Å². The molecule has 1 unspecified atom stereocenters. The molecule has 5 rings (SSSR count). The molecule has 0 bridgehead atoms. The molecule has 34 heavy (non-hydrogen) atoms. The molecule has 0 spiro atoms. The Kier molecular flexibility index (Phi) is 5.30. The summed E-state index contributed by atoms with van der Waals surface area (Å²) in [6.45, 7) is 1.95. The molecule has 166 valence electrons. The fourth-order valence-corrected chi connectivity index (χ4v) is 5.49. The second-order valence-electron chi connectivity index (χ2n) is 8.07. The van der Waals surface area contributed by atoms with Crippen LogP contribution in [0.5, 0.6) is 0 Å². The molecule has 1 atom stereocenters. The minimum absolute atomic E-state index is 0.0437. The molecule has 6 heteroatoms. The molecule has 0 amide bonds. The molecule has 1 N–H and O–H groups in total. The maximum Gasteiger partial charge on any atom is 0.335 e. The van der Waals surface area contributed by atoms with Gasteiger partial charge in [-0.05, 0) is 47.9 Å². The molecule has 1 aliphatic heterocycles. The van der Waals surface area contributed by atoms with Crippen molar-refractivity contribution in [1.82, 2.24) is 0 Å². The van der Waals surface area contributed by atoms with Crippen molar-refractivity contribution < 1.29 is 23.7 Å². The molecule has 5 nitrogen and oxygen atoms in total. The van der Waals surface area contributed by atoms with Crippen LogP contribution in [0.25, 0.3) is 9.81 Å². The van der Waals surface area contributed by atoms with E-state index in [0.717, 1.165) is 5.56 Å². The van der Waals surface area contributed by atoms with Gasteiger partial charge < -0.3 is 5.11 Å². The molecule has 2 aliphatic rings. The van der Waals surface area contributed by atoms with E-state index in [2.05, 4.69) is 0 Å². The summed E-state index contributed by atoms with van der Waals surface area (Å²) in [5.74, 6) is -1.78.